The van der Waals surface area contributed by atoms with Gasteiger partial charge in [0, 0.05) is 25.8 Å². The fourth-order valence-corrected chi connectivity index (χ4v) is 6.17. The molecule has 3 amide bonds. The molecule has 0 bridgehead atoms. The number of likely N-dealkylation sites (tertiary alicyclic amines) is 1. The van der Waals surface area contributed by atoms with Crippen LogP contribution in [-0.2, 0) is 30.4 Å². The summed E-state index contributed by atoms with van der Waals surface area (Å²) < 4.78 is 11.4. The van der Waals surface area contributed by atoms with Crippen LogP contribution in [0.15, 0.2) is 18.3 Å². The van der Waals surface area contributed by atoms with Gasteiger partial charge in [-0.15, -0.1) is 0 Å². The third-order valence-electron chi connectivity index (χ3n) is 8.35. The van der Waals surface area contributed by atoms with Crippen molar-refractivity contribution in [3.63, 3.8) is 0 Å². The number of nitrogens with two attached hydrogens (primary N) is 1. The Morgan fingerprint density at radius 1 is 0.978 bits per heavy atom. The minimum atomic E-state index is -1.35. The Kier molecular flexibility index (Phi) is 11.6. The minimum Gasteiger partial charge on any atom is -0.460 e. The number of nitrogens with one attached hydrogen (secondary N) is 2. The third kappa shape index (κ3) is 9.64. The second-order valence-corrected chi connectivity index (χ2v) is 14.3. The summed E-state index contributed by atoms with van der Waals surface area (Å²) in [6.45, 7) is 12.9. The lowest BCUT2D eigenvalue weighted by Gasteiger charge is -2.48. The maximum atomic E-state index is 14.8. The second kappa shape index (κ2) is 14.6. The zero-order valence-corrected chi connectivity index (χ0v) is 28.0. The lowest BCUT2D eigenvalue weighted by atomic mass is 9.73. The number of carbonyl (C=O) groups is 4. The van der Waals surface area contributed by atoms with E-state index < -0.39 is 34.8 Å². The van der Waals surface area contributed by atoms with E-state index in [0.717, 1.165) is 37.7 Å². The second-order valence-electron chi connectivity index (χ2n) is 14.3. The summed E-state index contributed by atoms with van der Waals surface area (Å²) >= 11 is 0. The van der Waals surface area contributed by atoms with Crippen molar-refractivity contribution in [3.8, 4) is 0 Å². The van der Waals surface area contributed by atoms with Crippen LogP contribution in [0, 0.1) is 11.3 Å². The Morgan fingerprint density at radius 3 is 2.18 bits per heavy atom. The van der Waals surface area contributed by atoms with E-state index in [2.05, 4.69) is 10.3 Å². The Morgan fingerprint density at radius 2 is 1.62 bits per heavy atom. The molecule has 0 unspecified atom stereocenters. The summed E-state index contributed by atoms with van der Waals surface area (Å²) in [5.74, 6) is -1.40. The smallest absolute Gasteiger partial charge is 0.411 e. The maximum Gasteiger partial charge on any atom is 0.411 e. The van der Waals surface area contributed by atoms with Crippen LogP contribution in [0.1, 0.15) is 111 Å². The molecule has 2 atom stereocenters. The van der Waals surface area contributed by atoms with Crippen molar-refractivity contribution in [2.45, 2.75) is 129 Å². The molecular weight excluding hydrogens is 576 g/mol. The lowest BCUT2D eigenvalue weighted by Crippen LogP contribution is -2.66. The summed E-state index contributed by atoms with van der Waals surface area (Å²) in [5, 5.41) is 10.4. The van der Waals surface area contributed by atoms with Gasteiger partial charge in [-0.1, -0.05) is 25.3 Å². The van der Waals surface area contributed by atoms with E-state index >= 15 is 0 Å². The van der Waals surface area contributed by atoms with Crippen LogP contribution >= 0.6 is 0 Å². The number of pyridine rings is 1. The van der Waals surface area contributed by atoms with Gasteiger partial charge in [-0.05, 0) is 91.7 Å². The Hall–Kier alpha value is -3.70. The molecule has 2 aliphatic rings. The average Bonchev–Trinajstić information content (AvgIpc) is 3.44. The minimum absolute atomic E-state index is 0.0590. The number of nitrogens with zero attached hydrogens (tertiary/aromatic N) is 3. The number of amidine groups is 1. The largest absolute Gasteiger partial charge is 0.460 e. The number of carbonyl (C=O) groups excluding carboxylic acids is 4. The number of ether oxygens (including phenoxy) is 2. The van der Waals surface area contributed by atoms with Crippen molar-refractivity contribution < 1.29 is 28.7 Å². The Bertz CT molecular complexity index is 1230. The highest BCUT2D eigenvalue weighted by molar-refractivity contribution is 5.95. The van der Waals surface area contributed by atoms with E-state index in [1.54, 1.807) is 71.7 Å². The molecule has 12 nitrogen and oxygen atoms in total. The van der Waals surface area contributed by atoms with Gasteiger partial charge < -0.3 is 25.4 Å². The van der Waals surface area contributed by atoms with Gasteiger partial charge in [-0.3, -0.25) is 29.7 Å². The molecule has 1 aromatic heterocycles. The van der Waals surface area contributed by atoms with Gasteiger partial charge in [0.1, 0.15) is 34.3 Å². The van der Waals surface area contributed by atoms with Gasteiger partial charge in [0.05, 0.1) is 6.42 Å². The van der Waals surface area contributed by atoms with E-state index in [1.807, 2.05) is 0 Å². The summed E-state index contributed by atoms with van der Waals surface area (Å²) in [6, 6.07) is 2.65. The molecule has 0 radical (unpaired) electrons. The predicted octanol–water partition coefficient (Wildman–Crippen LogP) is 4.28. The normalized spacial score (nSPS) is 18.9. The third-order valence-corrected chi connectivity index (χ3v) is 8.35. The molecule has 1 aliphatic carbocycles. The van der Waals surface area contributed by atoms with Crippen molar-refractivity contribution in [2.24, 2.45) is 11.7 Å². The lowest BCUT2D eigenvalue weighted by molar-refractivity contribution is -0.158. The molecular formula is C33H52N6O6. The first-order valence-electron chi connectivity index (χ1n) is 16.0. The van der Waals surface area contributed by atoms with Crippen LogP contribution in [0.2, 0.25) is 0 Å². The molecule has 12 heteroatoms. The summed E-state index contributed by atoms with van der Waals surface area (Å²) in [6.07, 6.45) is 6.27. The number of nitrogen functional groups attached to an aromatic ring is 1. The van der Waals surface area contributed by atoms with Crippen LogP contribution in [0.4, 0.5) is 4.79 Å². The van der Waals surface area contributed by atoms with Crippen LogP contribution in [-0.4, -0.2) is 80.4 Å². The van der Waals surface area contributed by atoms with Gasteiger partial charge in [-0.25, -0.2) is 4.79 Å². The molecule has 2 heterocycles. The molecule has 0 aromatic carbocycles. The van der Waals surface area contributed by atoms with Crippen molar-refractivity contribution >= 4 is 29.7 Å². The first-order chi connectivity index (χ1) is 20.9. The maximum absolute atomic E-state index is 14.8. The number of amides is 3. The van der Waals surface area contributed by atoms with Crippen LogP contribution in [0.3, 0.4) is 0 Å². The van der Waals surface area contributed by atoms with E-state index in [1.165, 1.54) is 4.90 Å². The van der Waals surface area contributed by atoms with Crippen molar-refractivity contribution in [3.05, 3.63) is 29.6 Å². The standard InChI is InChI=1S/C33H52N6O6/c1-31(2,3)44-26(40)17-19-39(30(43)45-32(4,5)6)33(7,23-12-9-8-10-13-23)29(42)38-18-11-14-25(38)28(41)37-21-22-15-16-24(27(34)35)36-20-22/h15-16,20,23,25H,8-14,17-19,21H2,1-7H3,(H3,34,35)(H,37,41)/t25-,33+/m0/s1. The fourth-order valence-electron chi connectivity index (χ4n) is 6.17. The molecule has 1 saturated carbocycles. The highest BCUT2D eigenvalue weighted by Gasteiger charge is 2.53. The van der Waals surface area contributed by atoms with Crippen LogP contribution in [0.5, 0.6) is 0 Å². The highest BCUT2D eigenvalue weighted by Crippen LogP contribution is 2.40. The quantitative estimate of drug-likeness (QED) is 0.196. The van der Waals surface area contributed by atoms with Gasteiger partial charge >= 0.3 is 12.1 Å². The van der Waals surface area contributed by atoms with Crippen molar-refractivity contribution in [1.29, 1.82) is 5.41 Å². The molecule has 1 aliphatic heterocycles. The Labute approximate surface area is 267 Å². The summed E-state index contributed by atoms with van der Waals surface area (Å²) in [7, 11) is 0. The van der Waals surface area contributed by atoms with Gasteiger partial charge in [0.15, 0.2) is 0 Å². The fraction of sp³-hybridized carbons (Fsp3) is 0.697. The molecule has 1 aromatic rings. The van der Waals surface area contributed by atoms with E-state index in [4.69, 9.17) is 20.6 Å². The zero-order valence-electron chi connectivity index (χ0n) is 28.0. The van der Waals surface area contributed by atoms with Crippen LogP contribution in [0.25, 0.3) is 0 Å². The summed E-state index contributed by atoms with van der Waals surface area (Å²) in [5.41, 5.74) is 3.69. The topological polar surface area (TPSA) is 168 Å². The number of hydrogen-bond donors (Lipinski definition) is 3. The molecule has 2 fully saturated rings. The van der Waals surface area contributed by atoms with Gasteiger partial charge in [0.25, 0.3) is 0 Å². The molecule has 1 saturated heterocycles. The predicted molar refractivity (Wildman–Crippen MR) is 170 cm³/mol. The average molecular weight is 629 g/mol. The first kappa shape index (κ1) is 35.8. The van der Waals surface area contributed by atoms with E-state index in [0.29, 0.717) is 25.1 Å². The van der Waals surface area contributed by atoms with Crippen molar-refractivity contribution in [1.82, 2.24) is 20.1 Å². The molecule has 0 spiro atoms. The number of hydrogen-bond acceptors (Lipinski definition) is 8. The SMILES string of the molecule is CC(C)(C)OC(=O)CCN(C(=O)OC(C)(C)C)[C@@](C)(C(=O)N1CCC[C@H]1C(=O)NCc1ccc(C(=N)N)nc1)C1CCCCC1. The molecule has 45 heavy (non-hydrogen) atoms. The zero-order chi connectivity index (χ0) is 33.6. The van der Waals surface area contributed by atoms with E-state index in [9.17, 15) is 19.2 Å². The van der Waals surface area contributed by atoms with E-state index in [-0.39, 0.29) is 43.1 Å². The van der Waals surface area contributed by atoms with Crippen molar-refractivity contribution in [2.75, 3.05) is 13.1 Å². The molecule has 250 valence electrons. The highest BCUT2D eigenvalue weighted by atomic mass is 16.6. The first-order valence-corrected chi connectivity index (χ1v) is 16.0. The monoisotopic (exact) mass is 628 g/mol. The molecule has 3 rings (SSSR count). The molecule has 4 N–H and O–H groups in total. The number of esters is 1. The van der Waals surface area contributed by atoms with Crippen LogP contribution < -0.4 is 11.1 Å². The van der Waals surface area contributed by atoms with Gasteiger partial charge in [0.2, 0.25) is 11.8 Å². The number of aromatic nitrogens is 1. The van der Waals surface area contributed by atoms with Gasteiger partial charge in [-0.2, -0.15) is 0 Å². The number of rotatable bonds is 10. The Balaban J connectivity index is 1.90. The summed E-state index contributed by atoms with van der Waals surface area (Å²) in [4.78, 5) is 62.2.